The number of nitrogens with zero attached hydrogens (tertiary/aromatic N) is 1. The van der Waals surface area contributed by atoms with Crippen LogP contribution in [0.2, 0.25) is 0 Å². The van der Waals surface area contributed by atoms with Crippen molar-refractivity contribution in [2.75, 3.05) is 26.2 Å². The summed E-state index contributed by atoms with van der Waals surface area (Å²) < 4.78 is 5.76. The van der Waals surface area contributed by atoms with Crippen molar-refractivity contribution < 1.29 is 4.74 Å². The number of aliphatic imine (C=N–C) groups is 1. The largest absolute Gasteiger partial charge is 0.373 e. The molecule has 0 amide bonds. The van der Waals surface area contributed by atoms with Crippen molar-refractivity contribution in [1.82, 2.24) is 10.6 Å². The van der Waals surface area contributed by atoms with Crippen LogP contribution in [0.4, 0.5) is 0 Å². The van der Waals surface area contributed by atoms with E-state index in [4.69, 9.17) is 4.74 Å². The van der Waals surface area contributed by atoms with Crippen molar-refractivity contribution in [1.29, 1.82) is 0 Å². The summed E-state index contributed by atoms with van der Waals surface area (Å²) in [6.07, 6.45) is 6.40. The molecule has 4 heteroatoms. The maximum absolute atomic E-state index is 5.76. The zero-order valence-corrected chi connectivity index (χ0v) is 11.8. The van der Waals surface area contributed by atoms with Gasteiger partial charge in [-0.1, -0.05) is 12.8 Å². The molecule has 2 fully saturated rings. The van der Waals surface area contributed by atoms with Crippen molar-refractivity contribution in [3.8, 4) is 0 Å². The second-order valence-corrected chi connectivity index (χ2v) is 5.76. The third-order valence-corrected chi connectivity index (χ3v) is 3.76. The third-order valence-electron chi connectivity index (χ3n) is 3.76. The molecule has 0 aromatic heterocycles. The Hall–Kier alpha value is -0.770. The molecule has 1 saturated carbocycles. The first-order chi connectivity index (χ1) is 8.72. The van der Waals surface area contributed by atoms with Gasteiger partial charge >= 0.3 is 0 Å². The molecule has 4 nitrogen and oxygen atoms in total. The van der Waals surface area contributed by atoms with Crippen LogP contribution in [0, 0.1) is 5.92 Å². The topological polar surface area (TPSA) is 45.7 Å². The standard InChI is InChI=1S/C14H27N3O/c1-3-15-13(16-9-7-12-5-6-12)17-11-14(2)8-4-10-18-14/h12H,3-11H2,1-2H3,(H2,15,16,17). The fourth-order valence-corrected chi connectivity index (χ4v) is 2.35. The molecule has 0 radical (unpaired) electrons. The predicted octanol–water partition coefficient (Wildman–Crippen LogP) is 1.91. The van der Waals surface area contributed by atoms with Gasteiger partial charge in [0.05, 0.1) is 12.1 Å². The van der Waals surface area contributed by atoms with E-state index < -0.39 is 0 Å². The molecule has 1 aliphatic heterocycles. The maximum Gasteiger partial charge on any atom is 0.191 e. The van der Waals surface area contributed by atoms with E-state index in [1.54, 1.807) is 0 Å². The van der Waals surface area contributed by atoms with E-state index in [9.17, 15) is 0 Å². The molecule has 0 spiro atoms. The molecule has 0 aromatic carbocycles. The van der Waals surface area contributed by atoms with E-state index in [1.807, 2.05) is 0 Å². The molecule has 18 heavy (non-hydrogen) atoms. The Labute approximate surface area is 111 Å². The Morgan fingerprint density at radius 2 is 2.22 bits per heavy atom. The zero-order valence-electron chi connectivity index (χ0n) is 11.8. The van der Waals surface area contributed by atoms with E-state index in [1.165, 1.54) is 19.3 Å². The molecular formula is C14H27N3O. The molecule has 1 aliphatic carbocycles. The average molecular weight is 253 g/mol. The molecule has 1 saturated heterocycles. The Bertz CT molecular complexity index is 281. The van der Waals surface area contributed by atoms with Crippen LogP contribution < -0.4 is 10.6 Å². The third kappa shape index (κ3) is 4.48. The molecule has 2 N–H and O–H groups in total. The van der Waals surface area contributed by atoms with Gasteiger partial charge in [0.25, 0.3) is 0 Å². The highest BCUT2D eigenvalue weighted by atomic mass is 16.5. The van der Waals surface area contributed by atoms with E-state index in [-0.39, 0.29) is 5.60 Å². The van der Waals surface area contributed by atoms with Gasteiger partial charge in [-0.2, -0.15) is 0 Å². The van der Waals surface area contributed by atoms with E-state index >= 15 is 0 Å². The van der Waals surface area contributed by atoms with Crippen molar-refractivity contribution in [3.63, 3.8) is 0 Å². The summed E-state index contributed by atoms with van der Waals surface area (Å²) in [5.74, 6) is 1.91. The number of hydrogen-bond acceptors (Lipinski definition) is 2. The van der Waals surface area contributed by atoms with Crippen LogP contribution in [0.5, 0.6) is 0 Å². The Kier molecular flexibility index (Phi) is 4.87. The number of ether oxygens (including phenoxy) is 1. The van der Waals surface area contributed by atoms with Crippen LogP contribution in [0.3, 0.4) is 0 Å². The zero-order chi connectivity index (χ0) is 12.8. The van der Waals surface area contributed by atoms with Gasteiger partial charge in [-0.05, 0) is 39.0 Å². The fraction of sp³-hybridized carbons (Fsp3) is 0.929. The number of hydrogen-bond donors (Lipinski definition) is 2. The minimum absolute atomic E-state index is 0.0428. The molecule has 1 atom stereocenters. The molecule has 1 unspecified atom stereocenters. The minimum atomic E-state index is -0.0428. The average Bonchev–Trinajstić information content (AvgIpc) is 3.08. The number of guanidine groups is 1. The minimum Gasteiger partial charge on any atom is -0.373 e. The summed E-state index contributed by atoms with van der Waals surface area (Å²) in [4.78, 5) is 4.65. The predicted molar refractivity (Wildman–Crippen MR) is 74.9 cm³/mol. The van der Waals surface area contributed by atoms with Crippen LogP contribution in [-0.2, 0) is 4.74 Å². The lowest BCUT2D eigenvalue weighted by Gasteiger charge is -2.21. The van der Waals surface area contributed by atoms with Gasteiger partial charge in [0.1, 0.15) is 0 Å². The van der Waals surface area contributed by atoms with Gasteiger partial charge in [-0.15, -0.1) is 0 Å². The molecule has 0 aromatic rings. The Morgan fingerprint density at radius 3 is 2.83 bits per heavy atom. The SMILES string of the molecule is CCNC(=NCC1(C)CCCO1)NCCC1CC1. The van der Waals surface area contributed by atoms with Gasteiger partial charge in [0.2, 0.25) is 0 Å². The molecule has 2 rings (SSSR count). The second-order valence-electron chi connectivity index (χ2n) is 5.76. The molecular weight excluding hydrogens is 226 g/mol. The smallest absolute Gasteiger partial charge is 0.191 e. The number of rotatable bonds is 6. The van der Waals surface area contributed by atoms with Crippen LogP contribution >= 0.6 is 0 Å². The highest BCUT2D eigenvalue weighted by Crippen LogP contribution is 2.31. The lowest BCUT2D eigenvalue weighted by atomic mass is 10.0. The summed E-state index contributed by atoms with van der Waals surface area (Å²) >= 11 is 0. The summed E-state index contributed by atoms with van der Waals surface area (Å²) in [6.45, 7) is 7.85. The number of nitrogens with one attached hydrogen (secondary N) is 2. The summed E-state index contributed by atoms with van der Waals surface area (Å²) in [7, 11) is 0. The highest BCUT2D eigenvalue weighted by molar-refractivity contribution is 5.79. The van der Waals surface area contributed by atoms with Crippen LogP contribution in [0.25, 0.3) is 0 Å². The molecule has 1 heterocycles. The fourth-order valence-electron chi connectivity index (χ4n) is 2.35. The quantitative estimate of drug-likeness (QED) is 0.561. The van der Waals surface area contributed by atoms with Crippen molar-refractivity contribution >= 4 is 5.96 Å². The summed E-state index contributed by atoms with van der Waals surface area (Å²) in [6, 6.07) is 0. The lowest BCUT2D eigenvalue weighted by Crippen LogP contribution is -2.39. The van der Waals surface area contributed by atoms with E-state index in [0.29, 0.717) is 0 Å². The summed E-state index contributed by atoms with van der Waals surface area (Å²) in [5.41, 5.74) is -0.0428. The second kappa shape index (κ2) is 6.41. The Balaban J connectivity index is 1.74. The first-order valence-electron chi connectivity index (χ1n) is 7.38. The van der Waals surface area contributed by atoms with Crippen molar-refractivity contribution in [2.24, 2.45) is 10.9 Å². The lowest BCUT2D eigenvalue weighted by molar-refractivity contribution is 0.0283. The molecule has 0 bridgehead atoms. The first kappa shape index (κ1) is 13.7. The molecule has 2 aliphatic rings. The van der Waals surface area contributed by atoms with Gasteiger partial charge in [0.15, 0.2) is 5.96 Å². The van der Waals surface area contributed by atoms with Crippen molar-refractivity contribution in [3.05, 3.63) is 0 Å². The highest BCUT2D eigenvalue weighted by Gasteiger charge is 2.29. The normalized spacial score (nSPS) is 28.4. The van der Waals surface area contributed by atoms with Gasteiger partial charge in [0, 0.05) is 19.7 Å². The van der Waals surface area contributed by atoms with E-state index in [0.717, 1.165) is 51.0 Å². The van der Waals surface area contributed by atoms with Gasteiger partial charge in [-0.3, -0.25) is 4.99 Å². The van der Waals surface area contributed by atoms with Crippen LogP contribution in [-0.4, -0.2) is 37.8 Å². The summed E-state index contributed by atoms with van der Waals surface area (Å²) in [5, 5.41) is 6.72. The maximum atomic E-state index is 5.76. The van der Waals surface area contributed by atoms with Crippen LogP contribution in [0.1, 0.15) is 46.0 Å². The van der Waals surface area contributed by atoms with Crippen LogP contribution in [0.15, 0.2) is 4.99 Å². The Morgan fingerprint density at radius 1 is 1.39 bits per heavy atom. The monoisotopic (exact) mass is 253 g/mol. The first-order valence-corrected chi connectivity index (χ1v) is 7.38. The van der Waals surface area contributed by atoms with Crippen molar-refractivity contribution in [2.45, 2.75) is 51.6 Å². The molecule has 104 valence electrons. The van der Waals surface area contributed by atoms with Gasteiger partial charge < -0.3 is 15.4 Å². The van der Waals surface area contributed by atoms with E-state index in [2.05, 4.69) is 29.5 Å². The van der Waals surface area contributed by atoms with Gasteiger partial charge in [-0.25, -0.2) is 0 Å².